The van der Waals surface area contributed by atoms with Crippen LogP contribution in [-0.2, 0) is 0 Å². The Hall–Kier alpha value is -3.85. The fraction of sp³-hybridized carbons (Fsp3) is 0. The second-order valence-electron chi connectivity index (χ2n) is 5.53. The van der Waals surface area contributed by atoms with Crippen molar-refractivity contribution in [3.63, 3.8) is 0 Å². The Bertz CT molecular complexity index is 1030. The first kappa shape index (κ1) is 18.9. The van der Waals surface area contributed by atoms with E-state index in [1.807, 2.05) is 6.07 Å². The molecule has 2 aromatic carbocycles. The fourth-order valence-corrected chi connectivity index (χ4v) is 2.92. The first-order valence-electron chi connectivity index (χ1n) is 8.07. The highest BCUT2D eigenvalue weighted by atomic mass is 32.1. The number of hydrogen-bond donors (Lipinski definition) is 2. The molecule has 1 aromatic heterocycles. The van der Waals surface area contributed by atoms with E-state index in [0.29, 0.717) is 21.7 Å². The maximum atomic E-state index is 12.1. The largest absolute Gasteiger partial charge is 0.324 e. The summed E-state index contributed by atoms with van der Waals surface area (Å²) < 4.78 is 0. The lowest BCUT2D eigenvalue weighted by Crippen LogP contribution is -2.17. The van der Waals surface area contributed by atoms with Gasteiger partial charge in [-0.2, -0.15) is 5.10 Å². The molecule has 0 saturated carbocycles. The monoisotopic (exact) mass is 394 g/mol. The van der Waals surface area contributed by atoms with Gasteiger partial charge >= 0.3 is 5.00 Å². The molecule has 0 fully saturated rings. The van der Waals surface area contributed by atoms with Crippen molar-refractivity contribution in [3.05, 3.63) is 92.8 Å². The number of nitro groups is 1. The van der Waals surface area contributed by atoms with Crippen molar-refractivity contribution in [2.24, 2.45) is 5.10 Å². The molecule has 3 rings (SSSR count). The Morgan fingerprint density at radius 1 is 0.929 bits per heavy atom. The molecule has 9 heteroatoms. The number of nitrogens with one attached hydrogen (secondary N) is 2. The number of carbonyl (C=O) groups excluding carboxylic acids is 2. The second-order valence-corrected chi connectivity index (χ2v) is 6.62. The Balaban J connectivity index is 1.56. The fourth-order valence-electron chi connectivity index (χ4n) is 2.23. The molecule has 2 N–H and O–H groups in total. The molecule has 2 amide bonds. The molecule has 0 unspecified atom stereocenters. The van der Waals surface area contributed by atoms with Gasteiger partial charge in [0.05, 0.1) is 16.0 Å². The molecule has 0 saturated heterocycles. The predicted molar refractivity (Wildman–Crippen MR) is 107 cm³/mol. The number of hydrogen-bond acceptors (Lipinski definition) is 6. The minimum Gasteiger partial charge on any atom is -0.322 e. The van der Waals surface area contributed by atoms with E-state index in [1.54, 1.807) is 54.6 Å². The van der Waals surface area contributed by atoms with Crippen molar-refractivity contribution in [2.45, 2.75) is 0 Å². The summed E-state index contributed by atoms with van der Waals surface area (Å²) in [6.07, 6.45) is 1.34. The van der Waals surface area contributed by atoms with Gasteiger partial charge in [-0.15, -0.1) is 0 Å². The minimum atomic E-state index is -0.487. The highest BCUT2D eigenvalue weighted by Gasteiger charge is 2.09. The second kappa shape index (κ2) is 8.69. The first-order chi connectivity index (χ1) is 13.5. The summed E-state index contributed by atoms with van der Waals surface area (Å²) in [6, 6.07) is 18.0. The van der Waals surface area contributed by atoms with Gasteiger partial charge in [-0.05, 0) is 42.5 Å². The Morgan fingerprint density at radius 2 is 1.61 bits per heavy atom. The van der Waals surface area contributed by atoms with Gasteiger partial charge in [0.25, 0.3) is 11.8 Å². The van der Waals surface area contributed by atoms with Crippen molar-refractivity contribution >= 4 is 40.1 Å². The van der Waals surface area contributed by atoms with Crippen molar-refractivity contribution < 1.29 is 14.5 Å². The smallest absolute Gasteiger partial charge is 0.322 e. The number of amides is 2. The van der Waals surface area contributed by atoms with Crippen LogP contribution in [0.2, 0.25) is 0 Å². The molecule has 0 radical (unpaired) electrons. The molecular formula is C19H14N4O4S. The zero-order chi connectivity index (χ0) is 19.9. The summed E-state index contributed by atoms with van der Waals surface area (Å²) in [4.78, 5) is 34.9. The molecule has 140 valence electrons. The van der Waals surface area contributed by atoms with E-state index in [1.165, 1.54) is 12.3 Å². The number of rotatable bonds is 6. The van der Waals surface area contributed by atoms with Gasteiger partial charge in [0.15, 0.2) is 0 Å². The van der Waals surface area contributed by atoms with Crippen molar-refractivity contribution in [3.8, 4) is 0 Å². The van der Waals surface area contributed by atoms with Crippen molar-refractivity contribution in [2.75, 3.05) is 5.32 Å². The average molecular weight is 394 g/mol. The van der Waals surface area contributed by atoms with Gasteiger partial charge in [0, 0.05) is 22.9 Å². The summed E-state index contributed by atoms with van der Waals surface area (Å²) in [7, 11) is 0. The molecule has 0 atom stereocenters. The van der Waals surface area contributed by atoms with Crippen LogP contribution >= 0.6 is 11.3 Å². The molecule has 28 heavy (non-hydrogen) atoms. The molecule has 0 spiro atoms. The van der Waals surface area contributed by atoms with E-state index in [-0.39, 0.29) is 10.9 Å². The molecule has 1 heterocycles. The molecule has 8 nitrogen and oxygen atoms in total. The highest BCUT2D eigenvalue weighted by molar-refractivity contribution is 7.16. The summed E-state index contributed by atoms with van der Waals surface area (Å²) >= 11 is 0.954. The van der Waals surface area contributed by atoms with E-state index in [9.17, 15) is 19.7 Å². The van der Waals surface area contributed by atoms with Crippen LogP contribution < -0.4 is 10.7 Å². The third-order valence-corrected chi connectivity index (χ3v) is 4.56. The molecular weight excluding hydrogens is 380 g/mol. The normalized spacial score (nSPS) is 10.6. The van der Waals surface area contributed by atoms with Gasteiger partial charge in [-0.3, -0.25) is 19.7 Å². The minimum absolute atomic E-state index is 0.000847. The first-order valence-corrected chi connectivity index (χ1v) is 8.88. The Labute approximate surface area is 163 Å². The lowest BCUT2D eigenvalue weighted by Gasteiger charge is -2.06. The van der Waals surface area contributed by atoms with Gasteiger partial charge in [-0.1, -0.05) is 29.5 Å². The van der Waals surface area contributed by atoms with E-state index in [2.05, 4.69) is 15.8 Å². The van der Waals surface area contributed by atoms with Crippen LogP contribution in [0.15, 0.2) is 71.8 Å². The third kappa shape index (κ3) is 4.86. The van der Waals surface area contributed by atoms with Crippen LogP contribution in [0.4, 0.5) is 10.7 Å². The lowest BCUT2D eigenvalue weighted by atomic mass is 10.2. The number of hydrazone groups is 1. The maximum absolute atomic E-state index is 12.1. The lowest BCUT2D eigenvalue weighted by molar-refractivity contribution is -0.380. The van der Waals surface area contributed by atoms with Crippen molar-refractivity contribution in [1.29, 1.82) is 0 Å². The number of nitrogens with zero attached hydrogens (tertiary/aromatic N) is 2. The number of carbonyl (C=O) groups is 2. The van der Waals surface area contributed by atoms with Gasteiger partial charge < -0.3 is 5.32 Å². The van der Waals surface area contributed by atoms with Gasteiger partial charge in [0.1, 0.15) is 0 Å². The van der Waals surface area contributed by atoms with Crippen LogP contribution in [0, 0.1) is 10.1 Å². The van der Waals surface area contributed by atoms with Crippen LogP contribution in [0.3, 0.4) is 0 Å². The topological polar surface area (TPSA) is 114 Å². The van der Waals surface area contributed by atoms with E-state index >= 15 is 0 Å². The van der Waals surface area contributed by atoms with Crippen LogP contribution in [0.1, 0.15) is 25.6 Å². The van der Waals surface area contributed by atoms with Crippen molar-refractivity contribution in [1.82, 2.24) is 5.43 Å². The number of anilines is 1. The average Bonchev–Trinajstić information content (AvgIpc) is 3.18. The molecule has 0 aliphatic carbocycles. The van der Waals surface area contributed by atoms with Crippen LogP contribution in [-0.4, -0.2) is 23.0 Å². The van der Waals surface area contributed by atoms with E-state index < -0.39 is 10.8 Å². The summed E-state index contributed by atoms with van der Waals surface area (Å²) in [5, 5.41) is 17.2. The number of thiophene rings is 1. The molecule has 0 bridgehead atoms. The van der Waals surface area contributed by atoms with E-state index in [4.69, 9.17) is 0 Å². The van der Waals surface area contributed by atoms with Gasteiger partial charge in [0.2, 0.25) is 0 Å². The predicted octanol–water partition coefficient (Wildman–Crippen LogP) is 3.67. The molecule has 0 aliphatic heterocycles. The van der Waals surface area contributed by atoms with Crippen LogP contribution in [0.5, 0.6) is 0 Å². The summed E-state index contributed by atoms with van der Waals surface area (Å²) in [5.74, 6) is -0.685. The maximum Gasteiger partial charge on any atom is 0.324 e. The standard InChI is InChI=1S/C19H14N4O4S/c24-18(13-4-2-1-3-5-13)21-15-8-6-14(7-9-15)19(25)22-20-12-16-10-11-17(28-16)23(26)27/h1-12H,(H,21,24)(H,22,25)/b20-12+. The summed E-state index contributed by atoms with van der Waals surface area (Å²) in [5.41, 5.74) is 3.80. The van der Waals surface area contributed by atoms with Crippen LogP contribution in [0.25, 0.3) is 0 Å². The molecule has 3 aromatic rings. The Kier molecular flexibility index (Phi) is 5.87. The highest BCUT2D eigenvalue weighted by Crippen LogP contribution is 2.22. The van der Waals surface area contributed by atoms with E-state index in [0.717, 1.165) is 11.3 Å². The zero-order valence-corrected chi connectivity index (χ0v) is 15.2. The Morgan fingerprint density at radius 3 is 2.25 bits per heavy atom. The van der Waals surface area contributed by atoms with Gasteiger partial charge in [-0.25, -0.2) is 5.43 Å². The zero-order valence-electron chi connectivity index (χ0n) is 14.4. The summed E-state index contributed by atoms with van der Waals surface area (Å²) in [6.45, 7) is 0. The SMILES string of the molecule is O=C(N/N=C/c1ccc([N+](=O)[O-])s1)c1ccc(NC(=O)c2ccccc2)cc1. The molecule has 0 aliphatic rings. The number of benzene rings is 2. The quantitative estimate of drug-likeness (QED) is 0.377. The third-order valence-electron chi connectivity index (χ3n) is 3.59.